The molecule has 10 nitrogen and oxygen atoms in total. The molecule has 1 aliphatic rings. The molecule has 1 aromatic heterocycles. The molecule has 1 N–H and O–H groups in total. The number of ether oxygens (including phenoxy) is 2. The Bertz CT molecular complexity index is 935. The van der Waals surface area contributed by atoms with Crippen LogP contribution in [0, 0.1) is 0 Å². The fourth-order valence-electron chi connectivity index (χ4n) is 3.21. The lowest BCUT2D eigenvalue weighted by Gasteiger charge is -2.23. The van der Waals surface area contributed by atoms with Gasteiger partial charge < -0.3 is 19.2 Å². The summed E-state index contributed by atoms with van der Waals surface area (Å²) < 4.78 is 16.0. The average molecular weight is 416 g/mol. The largest absolute Gasteiger partial charge is 0.497 e. The SMILES string of the molecule is CCC1(CC)NC(=O)N(CC(=O)O[C@@H](C)c2nnc(-c3ccc(OC)cc3)o2)C1=O. The van der Waals surface area contributed by atoms with Gasteiger partial charge in [-0.15, -0.1) is 10.2 Å². The Morgan fingerprint density at radius 2 is 1.87 bits per heavy atom. The third-order valence-electron chi connectivity index (χ3n) is 5.17. The van der Waals surface area contributed by atoms with E-state index >= 15 is 0 Å². The maximum atomic E-state index is 12.6. The summed E-state index contributed by atoms with van der Waals surface area (Å²) in [6, 6.07) is 6.43. The zero-order valence-electron chi connectivity index (χ0n) is 17.3. The quantitative estimate of drug-likeness (QED) is 0.514. The molecule has 1 atom stereocenters. The van der Waals surface area contributed by atoms with Crippen LogP contribution in [0.5, 0.6) is 5.75 Å². The summed E-state index contributed by atoms with van der Waals surface area (Å²) in [5.74, 6) is -0.125. The number of rotatable bonds is 8. The number of urea groups is 1. The first-order valence-corrected chi connectivity index (χ1v) is 9.65. The smallest absolute Gasteiger partial charge is 0.327 e. The topological polar surface area (TPSA) is 124 Å². The van der Waals surface area contributed by atoms with Gasteiger partial charge in [-0.05, 0) is 44.0 Å². The fraction of sp³-hybridized carbons (Fsp3) is 0.450. The van der Waals surface area contributed by atoms with Gasteiger partial charge in [-0.1, -0.05) is 13.8 Å². The van der Waals surface area contributed by atoms with Crippen molar-refractivity contribution < 1.29 is 28.3 Å². The third kappa shape index (κ3) is 3.98. The number of nitrogens with one attached hydrogen (secondary N) is 1. The highest BCUT2D eigenvalue weighted by molar-refractivity contribution is 6.08. The molecule has 0 unspecified atom stereocenters. The van der Waals surface area contributed by atoms with E-state index in [1.807, 2.05) is 13.8 Å². The fourth-order valence-corrected chi connectivity index (χ4v) is 3.21. The van der Waals surface area contributed by atoms with Crippen molar-refractivity contribution in [2.45, 2.75) is 45.3 Å². The molecule has 0 aliphatic carbocycles. The van der Waals surface area contributed by atoms with Crippen LogP contribution in [-0.2, 0) is 14.3 Å². The van der Waals surface area contributed by atoms with Gasteiger partial charge in [0.25, 0.3) is 11.8 Å². The molecule has 1 aliphatic heterocycles. The average Bonchev–Trinajstić information content (AvgIpc) is 3.33. The highest BCUT2D eigenvalue weighted by atomic mass is 16.6. The lowest BCUT2D eigenvalue weighted by atomic mass is 9.93. The van der Waals surface area contributed by atoms with Crippen molar-refractivity contribution >= 4 is 17.9 Å². The number of carbonyl (C=O) groups excluding carboxylic acids is 3. The number of esters is 1. The molecule has 3 amide bonds. The second-order valence-electron chi connectivity index (χ2n) is 6.92. The van der Waals surface area contributed by atoms with Gasteiger partial charge in [0, 0.05) is 5.56 Å². The van der Waals surface area contributed by atoms with E-state index in [4.69, 9.17) is 13.9 Å². The Kier molecular flexibility index (Phi) is 6.04. The number of methoxy groups -OCH3 is 1. The van der Waals surface area contributed by atoms with Gasteiger partial charge in [-0.2, -0.15) is 0 Å². The van der Waals surface area contributed by atoms with Crippen molar-refractivity contribution in [1.82, 2.24) is 20.4 Å². The number of carbonyl (C=O) groups is 3. The predicted molar refractivity (Wildman–Crippen MR) is 104 cm³/mol. The Hall–Kier alpha value is -3.43. The monoisotopic (exact) mass is 416 g/mol. The molecule has 0 saturated carbocycles. The molecule has 2 aromatic rings. The maximum Gasteiger partial charge on any atom is 0.327 e. The van der Waals surface area contributed by atoms with Crippen LogP contribution in [0.4, 0.5) is 4.79 Å². The molecule has 3 rings (SSSR count). The first-order valence-electron chi connectivity index (χ1n) is 9.65. The molecule has 160 valence electrons. The van der Waals surface area contributed by atoms with Crippen LogP contribution in [0.3, 0.4) is 0 Å². The molecule has 1 saturated heterocycles. The van der Waals surface area contributed by atoms with Gasteiger partial charge >= 0.3 is 12.0 Å². The first-order chi connectivity index (χ1) is 14.3. The molecule has 0 radical (unpaired) electrons. The Morgan fingerprint density at radius 3 is 2.43 bits per heavy atom. The Morgan fingerprint density at radius 1 is 1.20 bits per heavy atom. The second-order valence-corrected chi connectivity index (χ2v) is 6.92. The van der Waals surface area contributed by atoms with Crippen LogP contribution < -0.4 is 10.1 Å². The van der Waals surface area contributed by atoms with Crippen LogP contribution in [-0.4, -0.2) is 52.2 Å². The second kappa shape index (κ2) is 8.52. The number of aromatic nitrogens is 2. The molecule has 30 heavy (non-hydrogen) atoms. The number of imide groups is 1. The van der Waals surface area contributed by atoms with Crippen molar-refractivity contribution in [3.63, 3.8) is 0 Å². The lowest BCUT2D eigenvalue weighted by Crippen LogP contribution is -2.46. The summed E-state index contributed by atoms with van der Waals surface area (Å²) in [6.07, 6.45) is 0.0260. The minimum Gasteiger partial charge on any atom is -0.497 e. The van der Waals surface area contributed by atoms with Gasteiger partial charge in [-0.25, -0.2) is 4.79 Å². The van der Waals surface area contributed by atoms with Crippen molar-refractivity contribution in [1.29, 1.82) is 0 Å². The van der Waals surface area contributed by atoms with E-state index in [0.29, 0.717) is 24.2 Å². The van der Waals surface area contributed by atoms with Crippen molar-refractivity contribution in [3.05, 3.63) is 30.2 Å². The summed E-state index contributed by atoms with van der Waals surface area (Å²) in [5.41, 5.74) is -0.286. The van der Waals surface area contributed by atoms with Crippen LogP contribution in [0.15, 0.2) is 28.7 Å². The summed E-state index contributed by atoms with van der Waals surface area (Å²) in [6.45, 7) is 4.69. The number of amides is 3. The normalized spacial score (nSPS) is 16.3. The van der Waals surface area contributed by atoms with E-state index in [-0.39, 0.29) is 11.8 Å². The molecular weight excluding hydrogens is 392 g/mol. The molecule has 10 heteroatoms. The molecule has 1 fully saturated rings. The molecular formula is C20H24N4O6. The van der Waals surface area contributed by atoms with Crippen LogP contribution in [0.25, 0.3) is 11.5 Å². The van der Waals surface area contributed by atoms with E-state index in [1.165, 1.54) is 0 Å². The first kappa shape index (κ1) is 21.3. The Balaban J connectivity index is 1.63. The zero-order valence-corrected chi connectivity index (χ0v) is 17.3. The van der Waals surface area contributed by atoms with Gasteiger partial charge in [0.1, 0.15) is 17.8 Å². The van der Waals surface area contributed by atoms with Crippen LogP contribution >= 0.6 is 0 Å². The molecule has 0 spiro atoms. The summed E-state index contributed by atoms with van der Waals surface area (Å²) in [7, 11) is 1.57. The summed E-state index contributed by atoms with van der Waals surface area (Å²) in [4.78, 5) is 37.9. The zero-order chi connectivity index (χ0) is 21.9. The molecule has 0 bridgehead atoms. The number of hydrogen-bond acceptors (Lipinski definition) is 8. The van der Waals surface area contributed by atoms with Gasteiger partial charge in [0.15, 0.2) is 6.10 Å². The lowest BCUT2D eigenvalue weighted by molar-refractivity contribution is -0.152. The van der Waals surface area contributed by atoms with Gasteiger partial charge in [0.05, 0.1) is 7.11 Å². The predicted octanol–water partition coefficient (Wildman–Crippen LogP) is 2.46. The van der Waals surface area contributed by atoms with Gasteiger partial charge in [0.2, 0.25) is 5.89 Å². The number of hydrogen-bond donors (Lipinski definition) is 1. The van der Waals surface area contributed by atoms with Crippen LogP contribution in [0.2, 0.25) is 0 Å². The van der Waals surface area contributed by atoms with E-state index in [0.717, 1.165) is 4.90 Å². The van der Waals surface area contributed by atoms with Crippen molar-refractivity contribution in [2.24, 2.45) is 0 Å². The minimum absolute atomic E-state index is 0.0998. The standard InChI is InChI=1S/C20H24N4O6/c1-5-20(6-2)18(26)24(19(27)21-20)11-15(25)29-12(3)16-22-23-17(30-16)13-7-9-14(28-4)10-8-13/h7-10,12H,5-6,11H2,1-4H3,(H,21,27)/t12-/m0/s1. The van der Waals surface area contributed by atoms with E-state index in [2.05, 4.69) is 15.5 Å². The van der Waals surface area contributed by atoms with E-state index < -0.39 is 36.1 Å². The van der Waals surface area contributed by atoms with Crippen molar-refractivity contribution in [2.75, 3.05) is 13.7 Å². The molecule has 1 aromatic carbocycles. The van der Waals surface area contributed by atoms with Gasteiger partial charge in [-0.3, -0.25) is 14.5 Å². The summed E-state index contributed by atoms with van der Waals surface area (Å²) in [5, 5.41) is 10.5. The van der Waals surface area contributed by atoms with Crippen LogP contribution in [0.1, 0.15) is 45.6 Å². The number of nitrogens with zero attached hydrogens (tertiary/aromatic N) is 3. The van der Waals surface area contributed by atoms with Crippen molar-refractivity contribution in [3.8, 4) is 17.2 Å². The Labute approximate surface area is 173 Å². The highest BCUT2D eigenvalue weighted by Gasteiger charge is 2.49. The summed E-state index contributed by atoms with van der Waals surface area (Å²) >= 11 is 0. The highest BCUT2D eigenvalue weighted by Crippen LogP contribution is 2.26. The maximum absolute atomic E-state index is 12.6. The third-order valence-corrected chi connectivity index (χ3v) is 5.17. The molecule has 2 heterocycles. The van der Waals surface area contributed by atoms with E-state index in [1.54, 1.807) is 38.3 Å². The minimum atomic E-state index is -0.970. The number of benzene rings is 1. The van der Waals surface area contributed by atoms with E-state index in [9.17, 15) is 14.4 Å².